The second kappa shape index (κ2) is 7.88. The van der Waals surface area contributed by atoms with Crippen molar-refractivity contribution in [2.45, 2.75) is 25.5 Å². The molecule has 0 bridgehead atoms. The van der Waals surface area contributed by atoms with Gasteiger partial charge in [0.25, 0.3) is 0 Å². The van der Waals surface area contributed by atoms with Gasteiger partial charge in [0, 0.05) is 16.6 Å². The van der Waals surface area contributed by atoms with Crippen molar-refractivity contribution in [3.05, 3.63) is 11.6 Å². The third-order valence-electron chi connectivity index (χ3n) is 1.85. The van der Waals surface area contributed by atoms with E-state index in [0.717, 1.165) is 12.2 Å². The van der Waals surface area contributed by atoms with Crippen molar-refractivity contribution in [1.82, 2.24) is 0 Å². The van der Waals surface area contributed by atoms with Crippen LogP contribution in [0.4, 0.5) is 0 Å². The van der Waals surface area contributed by atoms with Crippen molar-refractivity contribution in [3.63, 3.8) is 0 Å². The fourth-order valence-electron chi connectivity index (χ4n) is 0.900. The number of carbonyl (C=O) groups excluding carboxylic acids is 1. The van der Waals surface area contributed by atoms with E-state index in [4.69, 9.17) is 5.73 Å². The smallest absolute Gasteiger partial charge is 0.333 e. The van der Waals surface area contributed by atoms with Gasteiger partial charge in [0.1, 0.15) is 0 Å². The van der Waals surface area contributed by atoms with Gasteiger partial charge in [0.15, 0.2) is 0 Å². The Morgan fingerprint density at radius 1 is 1.64 bits per heavy atom. The van der Waals surface area contributed by atoms with E-state index in [2.05, 4.69) is 11.7 Å². The van der Waals surface area contributed by atoms with Gasteiger partial charge in [-0.15, -0.1) is 0 Å². The molecule has 0 fully saturated rings. The summed E-state index contributed by atoms with van der Waals surface area (Å²) in [5, 5.41) is 0.543. The number of hydrogen-bond donors (Lipinski definition) is 1. The minimum atomic E-state index is -0.253. The van der Waals surface area contributed by atoms with E-state index in [1.807, 2.05) is 6.08 Å². The average molecular weight is 217 g/mol. The summed E-state index contributed by atoms with van der Waals surface area (Å²) >= 11 is 1.79. The molecule has 0 amide bonds. The summed E-state index contributed by atoms with van der Waals surface area (Å²) in [6.07, 6.45) is 2.90. The predicted octanol–water partition coefficient (Wildman–Crippen LogP) is 1.58. The minimum Gasteiger partial charge on any atom is -0.466 e. The molecule has 0 heterocycles. The second-order valence-electron chi connectivity index (χ2n) is 3.10. The Kier molecular flexibility index (Phi) is 7.61. The molecule has 1 unspecified atom stereocenters. The standard InChI is InChI=1S/C10H19NO2S/c1-8(10(12)13-3)5-7-14-9(2)4-6-11/h5,9H,4,6-7,11H2,1-3H3. The Hall–Kier alpha value is -0.480. The summed E-state index contributed by atoms with van der Waals surface area (Å²) in [6, 6.07) is 0. The fraction of sp³-hybridized carbons (Fsp3) is 0.700. The first kappa shape index (κ1) is 13.5. The van der Waals surface area contributed by atoms with Gasteiger partial charge in [-0.2, -0.15) is 11.8 Å². The van der Waals surface area contributed by atoms with Crippen LogP contribution in [0.2, 0.25) is 0 Å². The summed E-state index contributed by atoms with van der Waals surface area (Å²) in [5.74, 6) is 0.583. The van der Waals surface area contributed by atoms with Crippen LogP contribution in [0.15, 0.2) is 11.6 Å². The molecular weight excluding hydrogens is 198 g/mol. The molecule has 0 saturated heterocycles. The molecule has 0 radical (unpaired) electrons. The molecule has 0 aromatic heterocycles. The first-order valence-electron chi connectivity index (χ1n) is 4.68. The Morgan fingerprint density at radius 2 is 2.29 bits per heavy atom. The first-order chi connectivity index (χ1) is 6.61. The average Bonchev–Trinajstić information content (AvgIpc) is 2.16. The van der Waals surface area contributed by atoms with Gasteiger partial charge in [0.2, 0.25) is 0 Å². The highest BCUT2D eigenvalue weighted by atomic mass is 32.2. The molecule has 4 heteroatoms. The maximum absolute atomic E-state index is 11.0. The van der Waals surface area contributed by atoms with Crippen molar-refractivity contribution in [2.75, 3.05) is 19.4 Å². The van der Waals surface area contributed by atoms with Crippen LogP contribution in [-0.2, 0) is 9.53 Å². The van der Waals surface area contributed by atoms with Gasteiger partial charge >= 0.3 is 5.97 Å². The van der Waals surface area contributed by atoms with Crippen molar-refractivity contribution >= 4 is 17.7 Å². The quantitative estimate of drug-likeness (QED) is 0.542. The number of hydrogen-bond acceptors (Lipinski definition) is 4. The van der Waals surface area contributed by atoms with E-state index in [1.165, 1.54) is 7.11 Å². The van der Waals surface area contributed by atoms with Gasteiger partial charge < -0.3 is 10.5 Å². The third-order valence-corrected chi connectivity index (χ3v) is 3.01. The molecule has 14 heavy (non-hydrogen) atoms. The van der Waals surface area contributed by atoms with Crippen LogP contribution in [0.5, 0.6) is 0 Å². The Balaban J connectivity index is 3.75. The molecule has 0 aliphatic heterocycles. The molecule has 3 nitrogen and oxygen atoms in total. The van der Waals surface area contributed by atoms with Crippen molar-refractivity contribution in [1.29, 1.82) is 0 Å². The maximum Gasteiger partial charge on any atom is 0.333 e. The van der Waals surface area contributed by atoms with Crippen LogP contribution in [0, 0.1) is 0 Å². The molecule has 0 rings (SSSR count). The maximum atomic E-state index is 11.0. The lowest BCUT2D eigenvalue weighted by molar-refractivity contribution is -0.136. The number of carbonyl (C=O) groups is 1. The summed E-state index contributed by atoms with van der Waals surface area (Å²) < 4.78 is 4.58. The van der Waals surface area contributed by atoms with Crippen LogP contribution in [-0.4, -0.2) is 30.6 Å². The molecule has 1 atom stereocenters. The van der Waals surface area contributed by atoms with E-state index < -0.39 is 0 Å². The molecule has 0 saturated carbocycles. The number of esters is 1. The minimum absolute atomic E-state index is 0.253. The number of ether oxygens (including phenoxy) is 1. The van der Waals surface area contributed by atoms with Gasteiger partial charge in [-0.05, 0) is 19.9 Å². The van der Waals surface area contributed by atoms with Crippen LogP contribution in [0.25, 0.3) is 0 Å². The van der Waals surface area contributed by atoms with Gasteiger partial charge in [-0.25, -0.2) is 4.79 Å². The van der Waals surface area contributed by atoms with Crippen molar-refractivity contribution < 1.29 is 9.53 Å². The van der Waals surface area contributed by atoms with E-state index in [-0.39, 0.29) is 5.97 Å². The topological polar surface area (TPSA) is 52.3 Å². The molecule has 0 aliphatic carbocycles. The summed E-state index contributed by atoms with van der Waals surface area (Å²) in [5.41, 5.74) is 6.09. The molecule has 0 spiro atoms. The van der Waals surface area contributed by atoms with Crippen molar-refractivity contribution in [3.8, 4) is 0 Å². The normalized spacial score (nSPS) is 13.9. The molecular formula is C10H19NO2S. The Bertz CT molecular complexity index is 204. The largest absolute Gasteiger partial charge is 0.466 e. The van der Waals surface area contributed by atoms with Crippen LogP contribution in [0.1, 0.15) is 20.3 Å². The highest BCUT2D eigenvalue weighted by Crippen LogP contribution is 2.14. The molecule has 0 aromatic carbocycles. The molecule has 0 aliphatic rings. The van der Waals surface area contributed by atoms with E-state index in [1.54, 1.807) is 18.7 Å². The van der Waals surface area contributed by atoms with Crippen LogP contribution in [0.3, 0.4) is 0 Å². The van der Waals surface area contributed by atoms with Crippen LogP contribution < -0.4 is 5.73 Å². The lowest BCUT2D eigenvalue weighted by atomic mass is 10.3. The SMILES string of the molecule is COC(=O)C(C)=CCSC(C)CCN. The summed E-state index contributed by atoms with van der Waals surface area (Å²) in [4.78, 5) is 11.0. The Labute approximate surface area is 90.1 Å². The highest BCUT2D eigenvalue weighted by Gasteiger charge is 2.03. The zero-order chi connectivity index (χ0) is 11.0. The van der Waals surface area contributed by atoms with Crippen LogP contribution >= 0.6 is 11.8 Å². The highest BCUT2D eigenvalue weighted by molar-refractivity contribution is 8.00. The third kappa shape index (κ3) is 6.05. The lowest BCUT2D eigenvalue weighted by Gasteiger charge is -2.07. The lowest BCUT2D eigenvalue weighted by Crippen LogP contribution is -2.07. The monoisotopic (exact) mass is 217 g/mol. The molecule has 0 aromatic rings. The second-order valence-corrected chi connectivity index (χ2v) is 4.57. The molecule has 82 valence electrons. The zero-order valence-corrected chi connectivity index (χ0v) is 9.89. The van der Waals surface area contributed by atoms with Gasteiger partial charge in [-0.1, -0.05) is 13.0 Å². The Morgan fingerprint density at radius 3 is 2.79 bits per heavy atom. The van der Waals surface area contributed by atoms with E-state index in [0.29, 0.717) is 17.4 Å². The molecule has 2 N–H and O–H groups in total. The number of methoxy groups -OCH3 is 1. The summed E-state index contributed by atoms with van der Waals surface area (Å²) in [6.45, 7) is 4.62. The van der Waals surface area contributed by atoms with Gasteiger partial charge in [0.05, 0.1) is 7.11 Å². The number of thioether (sulfide) groups is 1. The number of nitrogens with two attached hydrogens (primary N) is 1. The zero-order valence-electron chi connectivity index (χ0n) is 9.08. The predicted molar refractivity (Wildman–Crippen MR) is 61.4 cm³/mol. The first-order valence-corrected chi connectivity index (χ1v) is 5.73. The van der Waals surface area contributed by atoms with E-state index in [9.17, 15) is 4.79 Å². The summed E-state index contributed by atoms with van der Waals surface area (Å²) in [7, 11) is 1.39. The number of rotatable bonds is 6. The van der Waals surface area contributed by atoms with Gasteiger partial charge in [-0.3, -0.25) is 0 Å². The van der Waals surface area contributed by atoms with E-state index >= 15 is 0 Å². The fourth-order valence-corrected chi connectivity index (χ4v) is 1.88. The van der Waals surface area contributed by atoms with Crippen molar-refractivity contribution in [2.24, 2.45) is 5.73 Å².